The molecule has 7 heteroatoms. The van der Waals surface area contributed by atoms with Crippen LogP contribution in [-0.2, 0) is 4.74 Å². The lowest BCUT2D eigenvalue weighted by Crippen LogP contribution is -2.43. The number of aryl methyl sites for hydroxylation is 2. The second-order valence-electron chi connectivity index (χ2n) is 7.55. The first-order valence-corrected chi connectivity index (χ1v) is 10.3. The van der Waals surface area contributed by atoms with E-state index in [2.05, 4.69) is 26.4 Å². The molecule has 2 aromatic heterocycles. The number of morpholine rings is 1. The third-order valence-electron chi connectivity index (χ3n) is 5.40. The summed E-state index contributed by atoms with van der Waals surface area (Å²) in [5, 5.41) is 7.59. The van der Waals surface area contributed by atoms with E-state index in [1.54, 1.807) is 6.20 Å². The van der Waals surface area contributed by atoms with Gasteiger partial charge in [-0.3, -0.25) is 14.7 Å². The molecule has 1 unspecified atom stereocenters. The zero-order valence-electron chi connectivity index (χ0n) is 17.4. The van der Waals surface area contributed by atoms with Gasteiger partial charge in [-0.1, -0.05) is 6.07 Å². The van der Waals surface area contributed by atoms with Crippen molar-refractivity contribution >= 4 is 5.91 Å². The summed E-state index contributed by atoms with van der Waals surface area (Å²) in [6, 6.07) is 13.6. The van der Waals surface area contributed by atoms with Gasteiger partial charge in [-0.15, -0.1) is 0 Å². The minimum atomic E-state index is -0.0860. The van der Waals surface area contributed by atoms with Crippen LogP contribution in [0.4, 0.5) is 0 Å². The number of hydrogen-bond donors (Lipinski definition) is 1. The number of pyridine rings is 1. The maximum absolute atomic E-state index is 12.8. The number of amides is 1. The van der Waals surface area contributed by atoms with Gasteiger partial charge < -0.3 is 10.1 Å². The van der Waals surface area contributed by atoms with Crippen molar-refractivity contribution in [3.8, 4) is 5.69 Å². The van der Waals surface area contributed by atoms with Crippen molar-refractivity contribution in [3.05, 3.63) is 77.4 Å². The van der Waals surface area contributed by atoms with Crippen LogP contribution in [0.25, 0.3) is 5.69 Å². The number of ether oxygens (including phenoxy) is 1. The normalized spacial score (nSPS) is 15.7. The van der Waals surface area contributed by atoms with Crippen LogP contribution >= 0.6 is 0 Å². The van der Waals surface area contributed by atoms with Crippen LogP contribution < -0.4 is 5.32 Å². The second-order valence-corrected chi connectivity index (χ2v) is 7.55. The summed E-state index contributed by atoms with van der Waals surface area (Å²) in [5.74, 6) is -0.0860. The number of rotatable bonds is 6. The average Bonchev–Trinajstić information content (AvgIpc) is 3.13. The molecule has 0 bridgehead atoms. The molecule has 1 fully saturated rings. The lowest BCUT2D eigenvalue weighted by molar-refractivity contribution is 0.0161. The Bertz CT molecular complexity index is 979. The van der Waals surface area contributed by atoms with Crippen molar-refractivity contribution < 1.29 is 9.53 Å². The van der Waals surface area contributed by atoms with Crippen LogP contribution in [0.1, 0.15) is 33.4 Å². The lowest BCUT2D eigenvalue weighted by atomic mass is 10.1. The molecule has 0 radical (unpaired) electrons. The van der Waals surface area contributed by atoms with E-state index in [0.29, 0.717) is 25.3 Å². The number of carbonyl (C=O) groups is 1. The van der Waals surface area contributed by atoms with Crippen LogP contribution in [0, 0.1) is 13.8 Å². The lowest BCUT2D eigenvalue weighted by Gasteiger charge is -2.34. The van der Waals surface area contributed by atoms with Crippen LogP contribution in [0.2, 0.25) is 0 Å². The van der Waals surface area contributed by atoms with E-state index in [-0.39, 0.29) is 11.9 Å². The first-order chi connectivity index (χ1) is 14.6. The van der Waals surface area contributed by atoms with Gasteiger partial charge in [-0.25, -0.2) is 4.68 Å². The Balaban J connectivity index is 1.44. The Morgan fingerprint density at radius 3 is 2.57 bits per heavy atom. The summed E-state index contributed by atoms with van der Waals surface area (Å²) in [6.07, 6.45) is 3.64. The molecule has 3 heterocycles. The molecule has 1 aromatic carbocycles. The molecule has 0 saturated carbocycles. The Morgan fingerprint density at radius 1 is 1.17 bits per heavy atom. The van der Waals surface area contributed by atoms with E-state index in [4.69, 9.17) is 4.74 Å². The van der Waals surface area contributed by atoms with Gasteiger partial charge >= 0.3 is 0 Å². The molecule has 1 aliphatic heterocycles. The van der Waals surface area contributed by atoms with Gasteiger partial charge in [0.1, 0.15) is 0 Å². The number of nitrogens with zero attached hydrogens (tertiary/aromatic N) is 4. The largest absolute Gasteiger partial charge is 0.379 e. The molecule has 7 nitrogen and oxygen atoms in total. The first-order valence-electron chi connectivity index (χ1n) is 10.3. The Labute approximate surface area is 176 Å². The van der Waals surface area contributed by atoms with Gasteiger partial charge in [-0.2, -0.15) is 5.10 Å². The molecular formula is C23H27N5O2. The SMILES string of the molecule is Cc1cc(C)n(-c2ccc(C(=O)NCC(c3cccnc3)N3CCOCC3)cc2)n1. The number of benzene rings is 1. The molecule has 3 aromatic rings. The van der Waals surface area contributed by atoms with Gasteiger partial charge in [0.15, 0.2) is 0 Å². The van der Waals surface area contributed by atoms with Gasteiger partial charge in [0, 0.05) is 43.3 Å². The van der Waals surface area contributed by atoms with Crippen LogP contribution in [0.15, 0.2) is 54.9 Å². The third-order valence-corrected chi connectivity index (χ3v) is 5.40. The number of aromatic nitrogens is 3. The Morgan fingerprint density at radius 2 is 1.93 bits per heavy atom. The summed E-state index contributed by atoms with van der Waals surface area (Å²) in [7, 11) is 0. The van der Waals surface area contributed by atoms with Gasteiger partial charge in [0.2, 0.25) is 0 Å². The highest BCUT2D eigenvalue weighted by molar-refractivity contribution is 5.94. The smallest absolute Gasteiger partial charge is 0.251 e. The predicted molar refractivity (Wildman–Crippen MR) is 115 cm³/mol. The average molecular weight is 406 g/mol. The van der Waals surface area contributed by atoms with Crippen LogP contribution in [-0.4, -0.2) is 58.4 Å². The topological polar surface area (TPSA) is 72.3 Å². The molecule has 1 saturated heterocycles. The maximum Gasteiger partial charge on any atom is 0.251 e. The highest BCUT2D eigenvalue weighted by Crippen LogP contribution is 2.21. The number of hydrogen-bond acceptors (Lipinski definition) is 5. The fourth-order valence-electron chi connectivity index (χ4n) is 3.86. The molecule has 0 aliphatic carbocycles. The van der Waals surface area contributed by atoms with Crippen LogP contribution in [0.3, 0.4) is 0 Å². The first kappa shape index (κ1) is 20.3. The highest BCUT2D eigenvalue weighted by atomic mass is 16.5. The maximum atomic E-state index is 12.8. The monoisotopic (exact) mass is 405 g/mol. The summed E-state index contributed by atoms with van der Waals surface area (Å²) in [4.78, 5) is 19.4. The zero-order chi connectivity index (χ0) is 20.9. The minimum Gasteiger partial charge on any atom is -0.379 e. The predicted octanol–water partition coefficient (Wildman–Crippen LogP) is 2.69. The van der Waals surface area contributed by atoms with Gasteiger partial charge in [-0.05, 0) is 55.8 Å². The van der Waals surface area contributed by atoms with Crippen molar-refractivity contribution in [1.82, 2.24) is 25.0 Å². The van der Waals surface area contributed by atoms with E-state index in [0.717, 1.165) is 35.7 Å². The fraction of sp³-hybridized carbons (Fsp3) is 0.348. The summed E-state index contributed by atoms with van der Waals surface area (Å²) >= 11 is 0. The number of nitrogens with one attached hydrogen (secondary N) is 1. The molecule has 1 atom stereocenters. The quantitative estimate of drug-likeness (QED) is 0.683. The zero-order valence-corrected chi connectivity index (χ0v) is 17.4. The molecular weight excluding hydrogens is 378 g/mol. The van der Waals surface area contributed by atoms with Crippen molar-refractivity contribution in [2.75, 3.05) is 32.8 Å². The molecule has 1 aliphatic rings. The summed E-state index contributed by atoms with van der Waals surface area (Å²) < 4.78 is 7.37. The standard InChI is InChI=1S/C23H27N5O2/c1-17-14-18(2)28(26-17)21-7-5-19(6-8-21)23(29)25-16-22(20-4-3-9-24-15-20)27-10-12-30-13-11-27/h3-9,14-15,22H,10-13,16H2,1-2H3,(H,25,29). The number of carbonyl (C=O) groups excluding carboxylic acids is 1. The minimum absolute atomic E-state index is 0.0699. The third kappa shape index (κ3) is 4.58. The van der Waals surface area contributed by atoms with E-state index in [9.17, 15) is 4.79 Å². The molecule has 4 rings (SSSR count). The molecule has 30 heavy (non-hydrogen) atoms. The van der Waals surface area contributed by atoms with Crippen molar-refractivity contribution in [3.63, 3.8) is 0 Å². The summed E-state index contributed by atoms with van der Waals surface area (Å²) in [6.45, 7) is 7.60. The van der Waals surface area contributed by atoms with E-state index in [1.807, 2.05) is 61.1 Å². The van der Waals surface area contributed by atoms with E-state index >= 15 is 0 Å². The van der Waals surface area contributed by atoms with E-state index < -0.39 is 0 Å². The molecule has 1 N–H and O–H groups in total. The van der Waals surface area contributed by atoms with Gasteiger partial charge in [0.05, 0.1) is 30.6 Å². The summed E-state index contributed by atoms with van der Waals surface area (Å²) in [5.41, 5.74) is 4.71. The Kier molecular flexibility index (Phi) is 6.21. The van der Waals surface area contributed by atoms with Crippen LogP contribution in [0.5, 0.6) is 0 Å². The fourth-order valence-corrected chi connectivity index (χ4v) is 3.86. The van der Waals surface area contributed by atoms with Crippen molar-refractivity contribution in [2.45, 2.75) is 19.9 Å². The molecule has 0 spiro atoms. The molecule has 156 valence electrons. The molecule has 1 amide bonds. The van der Waals surface area contributed by atoms with E-state index in [1.165, 1.54) is 0 Å². The second kappa shape index (κ2) is 9.19. The van der Waals surface area contributed by atoms with Gasteiger partial charge in [0.25, 0.3) is 5.91 Å². The highest BCUT2D eigenvalue weighted by Gasteiger charge is 2.23. The van der Waals surface area contributed by atoms with Crippen molar-refractivity contribution in [1.29, 1.82) is 0 Å². The van der Waals surface area contributed by atoms with Crippen molar-refractivity contribution in [2.24, 2.45) is 0 Å². The Hall–Kier alpha value is -3.03.